The molecule has 0 bridgehead atoms. The number of esters is 1. The summed E-state index contributed by atoms with van der Waals surface area (Å²) in [7, 11) is 0. The predicted molar refractivity (Wildman–Crippen MR) is 103 cm³/mol. The standard InChI is InChI=1S/C19H15ClN2O3S/c1-12-5-7-13(8-6-12)18-22-16(11-26-18)19(24)25-10-17(23)21-15-4-2-3-14(20)9-15/h2-9,11H,10H2,1H3,(H,21,23). The van der Waals surface area contributed by atoms with Gasteiger partial charge in [-0.05, 0) is 25.1 Å². The van der Waals surface area contributed by atoms with Crippen LogP contribution in [0.5, 0.6) is 0 Å². The van der Waals surface area contributed by atoms with E-state index in [0.29, 0.717) is 10.7 Å². The van der Waals surface area contributed by atoms with Crippen LogP contribution in [0, 0.1) is 6.92 Å². The molecule has 1 N–H and O–H groups in total. The average molecular weight is 387 g/mol. The van der Waals surface area contributed by atoms with Gasteiger partial charge in [-0.25, -0.2) is 9.78 Å². The molecule has 3 aromatic rings. The van der Waals surface area contributed by atoms with Crippen molar-refractivity contribution in [2.75, 3.05) is 11.9 Å². The van der Waals surface area contributed by atoms with Crippen LogP contribution in [-0.4, -0.2) is 23.5 Å². The van der Waals surface area contributed by atoms with E-state index in [1.807, 2.05) is 31.2 Å². The third-order valence-corrected chi connectivity index (χ3v) is 4.58. The van der Waals surface area contributed by atoms with Crippen molar-refractivity contribution in [2.45, 2.75) is 6.92 Å². The lowest BCUT2D eigenvalue weighted by Gasteiger charge is -2.06. The van der Waals surface area contributed by atoms with E-state index in [1.54, 1.807) is 29.6 Å². The number of ether oxygens (including phenoxy) is 1. The van der Waals surface area contributed by atoms with Crippen molar-refractivity contribution in [3.05, 3.63) is 70.2 Å². The molecule has 0 unspecified atom stereocenters. The minimum absolute atomic E-state index is 0.182. The summed E-state index contributed by atoms with van der Waals surface area (Å²) in [5, 5.41) is 5.45. The van der Waals surface area contributed by atoms with Gasteiger partial charge in [-0.3, -0.25) is 4.79 Å². The average Bonchev–Trinajstić information content (AvgIpc) is 3.10. The molecule has 0 saturated carbocycles. The van der Waals surface area contributed by atoms with E-state index in [4.69, 9.17) is 16.3 Å². The predicted octanol–water partition coefficient (Wildman–Crippen LogP) is 4.57. The van der Waals surface area contributed by atoms with Crippen molar-refractivity contribution in [3.63, 3.8) is 0 Å². The van der Waals surface area contributed by atoms with Gasteiger partial charge in [0.05, 0.1) is 0 Å². The number of thiazole rings is 1. The second kappa shape index (κ2) is 8.12. The molecule has 1 amide bonds. The first-order valence-corrected chi connectivity index (χ1v) is 9.02. The number of rotatable bonds is 5. The summed E-state index contributed by atoms with van der Waals surface area (Å²) in [4.78, 5) is 28.2. The zero-order chi connectivity index (χ0) is 18.5. The van der Waals surface area contributed by atoms with Crippen LogP contribution in [0.3, 0.4) is 0 Å². The van der Waals surface area contributed by atoms with Crippen molar-refractivity contribution >= 4 is 40.5 Å². The summed E-state index contributed by atoms with van der Waals surface area (Å²) >= 11 is 7.20. The first-order valence-electron chi connectivity index (χ1n) is 7.76. The van der Waals surface area contributed by atoms with E-state index in [2.05, 4.69) is 10.3 Å². The molecular formula is C19H15ClN2O3S. The highest BCUT2D eigenvalue weighted by Crippen LogP contribution is 2.24. The zero-order valence-corrected chi connectivity index (χ0v) is 15.4. The van der Waals surface area contributed by atoms with Crippen LogP contribution in [0.4, 0.5) is 5.69 Å². The molecule has 0 aliphatic heterocycles. The molecule has 132 valence electrons. The third-order valence-electron chi connectivity index (χ3n) is 3.45. The second-order valence-corrected chi connectivity index (χ2v) is 6.83. The molecule has 0 fully saturated rings. The second-order valence-electron chi connectivity index (χ2n) is 5.54. The summed E-state index contributed by atoms with van der Waals surface area (Å²) in [5.74, 6) is -1.09. The Kier molecular flexibility index (Phi) is 5.65. The molecule has 5 nitrogen and oxygen atoms in total. The SMILES string of the molecule is Cc1ccc(-c2nc(C(=O)OCC(=O)Nc3cccc(Cl)c3)cs2)cc1. The molecule has 0 aliphatic carbocycles. The van der Waals surface area contributed by atoms with Crippen molar-refractivity contribution in [2.24, 2.45) is 0 Å². The topological polar surface area (TPSA) is 68.3 Å². The molecule has 7 heteroatoms. The lowest BCUT2D eigenvalue weighted by molar-refractivity contribution is -0.119. The van der Waals surface area contributed by atoms with Crippen molar-refractivity contribution in [1.82, 2.24) is 4.98 Å². The summed E-state index contributed by atoms with van der Waals surface area (Å²) in [6.45, 7) is 1.60. The number of hydrogen-bond donors (Lipinski definition) is 1. The van der Waals surface area contributed by atoms with Crippen LogP contribution < -0.4 is 5.32 Å². The number of carbonyl (C=O) groups excluding carboxylic acids is 2. The normalized spacial score (nSPS) is 10.4. The van der Waals surface area contributed by atoms with Gasteiger partial charge in [0.1, 0.15) is 5.01 Å². The number of hydrogen-bond acceptors (Lipinski definition) is 5. The summed E-state index contributed by atoms with van der Waals surface area (Å²) < 4.78 is 5.02. The van der Waals surface area contributed by atoms with Gasteiger partial charge in [0.2, 0.25) is 0 Å². The van der Waals surface area contributed by atoms with Crippen LogP contribution >= 0.6 is 22.9 Å². The first-order chi connectivity index (χ1) is 12.5. The number of aromatic nitrogens is 1. The van der Waals surface area contributed by atoms with E-state index in [-0.39, 0.29) is 5.69 Å². The van der Waals surface area contributed by atoms with E-state index >= 15 is 0 Å². The fourth-order valence-corrected chi connectivity index (χ4v) is 3.15. The maximum Gasteiger partial charge on any atom is 0.358 e. The van der Waals surface area contributed by atoms with Crippen LogP contribution in [-0.2, 0) is 9.53 Å². The van der Waals surface area contributed by atoms with Crippen LogP contribution in [0.25, 0.3) is 10.6 Å². The molecule has 3 rings (SSSR count). The molecule has 1 heterocycles. The Balaban J connectivity index is 1.56. The Morgan fingerprint density at radius 2 is 1.96 bits per heavy atom. The summed E-state index contributed by atoms with van der Waals surface area (Å²) in [6, 6.07) is 14.6. The minimum atomic E-state index is -0.638. The highest BCUT2D eigenvalue weighted by molar-refractivity contribution is 7.13. The van der Waals surface area contributed by atoms with E-state index in [0.717, 1.165) is 16.1 Å². The Morgan fingerprint density at radius 1 is 1.19 bits per heavy atom. The molecule has 0 atom stereocenters. The highest BCUT2D eigenvalue weighted by Gasteiger charge is 2.15. The Bertz CT molecular complexity index is 938. The fourth-order valence-electron chi connectivity index (χ4n) is 2.16. The first kappa shape index (κ1) is 18.1. The van der Waals surface area contributed by atoms with Crippen molar-refractivity contribution in [3.8, 4) is 10.6 Å². The zero-order valence-electron chi connectivity index (χ0n) is 13.9. The molecule has 0 saturated heterocycles. The molecule has 0 spiro atoms. The minimum Gasteiger partial charge on any atom is -0.451 e. The lowest BCUT2D eigenvalue weighted by atomic mass is 10.2. The number of amides is 1. The number of halogens is 1. The largest absolute Gasteiger partial charge is 0.451 e. The molecule has 2 aromatic carbocycles. The Hall–Kier alpha value is -2.70. The van der Waals surface area contributed by atoms with Crippen LogP contribution in [0.2, 0.25) is 5.02 Å². The summed E-state index contributed by atoms with van der Waals surface area (Å²) in [6.07, 6.45) is 0. The Morgan fingerprint density at radius 3 is 2.69 bits per heavy atom. The van der Waals surface area contributed by atoms with Crippen molar-refractivity contribution < 1.29 is 14.3 Å². The molecule has 26 heavy (non-hydrogen) atoms. The van der Waals surface area contributed by atoms with Gasteiger partial charge in [-0.2, -0.15) is 0 Å². The van der Waals surface area contributed by atoms with Gasteiger partial charge in [-0.1, -0.05) is 47.5 Å². The smallest absolute Gasteiger partial charge is 0.358 e. The van der Waals surface area contributed by atoms with Gasteiger partial charge in [0.15, 0.2) is 12.3 Å². The van der Waals surface area contributed by atoms with Gasteiger partial charge in [-0.15, -0.1) is 11.3 Å². The highest BCUT2D eigenvalue weighted by atomic mass is 35.5. The van der Waals surface area contributed by atoms with E-state index in [1.165, 1.54) is 11.3 Å². The van der Waals surface area contributed by atoms with E-state index in [9.17, 15) is 9.59 Å². The lowest BCUT2D eigenvalue weighted by Crippen LogP contribution is -2.21. The van der Waals surface area contributed by atoms with E-state index < -0.39 is 18.5 Å². The number of anilines is 1. The van der Waals surface area contributed by atoms with Crippen molar-refractivity contribution in [1.29, 1.82) is 0 Å². The number of carbonyl (C=O) groups is 2. The quantitative estimate of drug-likeness (QED) is 0.652. The van der Waals surface area contributed by atoms with Crippen LogP contribution in [0.15, 0.2) is 53.9 Å². The Labute approximate surface area is 159 Å². The number of nitrogens with one attached hydrogen (secondary N) is 1. The monoisotopic (exact) mass is 386 g/mol. The maximum atomic E-state index is 12.1. The molecule has 0 radical (unpaired) electrons. The van der Waals surface area contributed by atoms with Gasteiger partial charge >= 0.3 is 5.97 Å². The number of benzene rings is 2. The molecular weight excluding hydrogens is 372 g/mol. The maximum absolute atomic E-state index is 12.1. The molecule has 1 aromatic heterocycles. The van der Waals surface area contributed by atoms with Gasteiger partial charge in [0, 0.05) is 21.7 Å². The van der Waals surface area contributed by atoms with Gasteiger partial charge < -0.3 is 10.1 Å². The fraction of sp³-hybridized carbons (Fsp3) is 0.105. The van der Waals surface area contributed by atoms with Crippen LogP contribution in [0.1, 0.15) is 16.1 Å². The third kappa shape index (κ3) is 4.68. The number of nitrogens with zero attached hydrogens (tertiary/aromatic N) is 1. The molecule has 0 aliphatic rings. The number of aryl methyl sites for hydroxylation is 1. The van der Waals surface area contributed by atoms with Gasteiger partial charge in [0.25, 0.3) is 5.91 Å². The summed E-state index contributed by atoms with van der Waals surface area (Å²) in [5.41, 5.74) is 2.80.